The van der Waals surface area contributed by atoms with Gasteiger partial charge in [-0.1, -0.05) is 166 Å². The van der Waals surface area contributed by atoms with Crippen LogP contribution in [0.2, 0.25) is 0 Å². The molecule has 0 aliphatic carbocycles. The van der Waals surface area contributed by atoms with Crippen molar-refractivity contribution in [3.05, 3.63) is 36.5 Å². The van der Waals surface area contributed by atoms with Crippen molar-refractivity contribution >= 4 is 23.8 Å². The van der Waals surface area contributed by atoms with Crippen molar-refractivity contribution in [2.45, 2.75) is 225 Å². The summed E-state index contributed by atoms with van der Waals surface area (Å²) in [6.45, 7) is 3.37. The quantitative estimate of drug-likeness (QED) is 0.0274. The van der Waals surface area contributed by atoms with Crippen LogP contribution in [0, 0.1) is 0 Å². The summed E-state index contributed by atoms with van der Waals surface area (Å²) in [6, 6.07) is -1.39. The van der Waals surface area contributed by atoms with E-state index in [-0.39, 0.29) is 30.9 Å². The summed E-state index contributed by atoms with van der Waals surface area (Å²) in [7, 11) is 0. The first-order valence-corrected chi connectivity index (χ1v) is 22.9. The van der Waals surface area contributed by atoms with E-state index in [1.807, 2.05) is 6.08 Å². The third-order valence-electron chi connectivity index (χ3n) is 10.1. The molecule has 0 heterocycles. The molecule has 0 radical (unpaired) electrons. The highest BCUT2D eigenvalue weighted by Crippen LogP contribution is 2.16. The monoisotopic (exact) mass is 789 g/mol. The number of esters is 1. The number of unbranched alkanes of at least 4 members (excludes halogenated alkanes) is 23. The molecule has 0 rings (SSSR count). The molecule has 0 bridgehead atoms. The lowest BCUT2D eigenvalue weighted by Gasteiger charge is -2.15. The van der Waals surface area contributed by atoms with Crippen LogP contribution in [-0.2, 0) is 23.9 Å². The molecule has 0 saturated carbocycles. The number of rotatable bonds is 41. The van der Waals surface area contributed by atoms with Gasteiger partial charge in [0.25, 0.3) is 0 Å². The molecular weight excluding hydrogens is 705 g/mol. The van der Waals surface area contributed by atoms with Crippen LogP contribution in [0.1, 0.15) is 213 Å². The number of aliphatic hydroxyl groups is 1. The number of allylic oxidation sites excluding steroid dienone is 5. The Hall–Kier alpha value is -2.94. The number of hydrogen-bond acceptors (Lipinski definition) is 6. The molecule has 2 amide bonds. The minimum absolute atomic E-state index is 0.130. The summed E-state index contributed by atoms with van der Waals surface area (Å²) >= 11 is 0. The molecule has 2 atom stereocenters. The molecule has 0 fully saturated rings. The van der Waals surface area contributed by atoms with Crippen LogP contribution in [0.25, 0.3) is 0 Å². The number of amides is 2. The van der Waals surface area contributed by atoms with Crippen LogP contribution < -0.4 is 10.6 Å². The van der Waals surface area contributed by atoms with Crippen LogP contribution >= 0.6 is 0 Å². The Morgan fingerprint density at radius 1 is 0.554 bits per heavy atom. The van der Waals surface area contributed by atoms with Gasteiger partial charge in [0.15, 0.2) is 0 Å². The average molecular weight is 789 g/mol. The summed E-state index contributed by atoms with van der Waals surface area (Å²) in [6.07, 6.45) is 48.0. The first kappa shape index (κ1) is 53.1. The van der Waals surface area contributed by atoms with Crippen LogP contribution in [0.5, 0.6) is 0 Å². The van der Waals surface area contributed by atoms with Gasteiger partial charge in [-0.15, -0.1) is 0 Å². The fourth-order valence-corrected chi connectivity index (χ4v) is 6.55. The molecule has 0 spiro atoms. The largest absolute Gasteiger partial charge is 0.480 e. The number of carbonyl (C=O) groups is 4. The van der Waals surface area contributed by atoms with E-state index in [1.54, 1.807) is 0 Å². The van der Waals surface area contributed by atoms with E-state index in [4.69, 9.17) is 14.9 Å². The zero-order valence-corrected chi connectivity index (χ0v) is 35.9. The summed E-state index contributed by atoms with van der Waals surface area (Å²) in [5.74, 6) is -2.42. The van der Waals surface area contributed by atoms with E-state index < -0.39 is 24.5 Å². The van der Waals surface area contributed by atoms with Gasteiger partial charge in [0.05, 0.1) is 13.2 Å². The van der Waals surface area contributed by atoms with Crippen molar-refractivity contribution in [1.29, 1.82) is 0 Å². The van der Waals surface area contributed by atoms with Gasteiger partial charge in [0.2, 0.25) is 11.8 Å². The highest BCUT2D eigenvalue weighted by Gasteiger charge is 2.18. The lowest BCUT2D eigenvalue weighted by atomic mass is 10.0. The van der Waals surface area contributed by atoms with Gasteiger partial charge in [-0.2, -0.15) is 0 Å². The predicted octanol–water partition coefficient (Wildman–Crippen LogP) is 11.4. The van der Waals surface area contributed by atoms with Gasteiger partial charge in [0, 0.05) is 12.8 Å². The minimum Gasteiger partial charge on any atom is -0.480 e. The minimum atomic E-state index is -1.39. The Bertz CT molecular complexity index is 1040. The molecule has 0 aromatic carbocycles. The van der Waals surface area contributed by atoms with Crippen molar-refractivity contribution in [3.63, 3.8) is 0 Å². The number of nitrogens with one attached hydrogen (secondary N) is 2. The highest BCUT2D eigenvalue weighted by atomic mass is 16.5. The lowest BCUT2D eigenvalue weighted by Crippen LogP contribution is -2.47. The molecule has 9 nitrogen and oxygen atoms in total. The van der Waals surface area contributed by atoms with E-state index in [9.17, 15) is 19.2 Å². The summed E-state index contributed by atoms with van der Waals surface area (Å²) in [5, 5.41) is 22.5. The fourth-order valence-electron chi connectivity index (χ4n) is 6.55. The van der Waals surface area contributed by atoms with E-state index in [0.717, 1.165) is 57.8 Å². The van der Waals surface area contributed by atoms with Gasteiger partial charge in [0.1, 0.15) is 12.1 Å². The molecule has 56 heavy (non-hydrogen) atoms. The normalized spacial score (nSPS) is 12.8. The second kappa shape index (κ2) is 41.7. The Balaban J connectivity index is 4.01. The van der Waals surface area contributed by atoms with E-state index in [0.29, 0.717) is 12.8 Å². The molecule has 0 aromatic heterocycles. The fraction of sp³-hybridized carbons (Fsp3) is 0.787. The summed E-state index contributed by atoms with van der Waals surface area (Å²) in [4.78, 5) is 47.4. The Kier molecular flexibility index (Phi) is 39.5. The van der Waals surface area contributed by atoms with Crippen molar-refractivity contribution in [2.75, 3.05) is 13.2 Å². The molecule has 0 saturated heterocycles. The SMILES string of the molecule is CCC/C=C\C/C=C\C(CCCCCCC(=O)NCC(=O)NC(CO)C(=O)O)OC(=O)CCCCCCCCCCCCC/C=C\CCCCCCCCCC. The molecule has 0 aromatic rings. The smallest absolute Gasteiger partial charge is 0.328 e. The van der Waals surface area contributed by atoms with Crippen molar-refractivity contribution in [1.82, 2.24) is 10.6 Å². The third-order valence-corrected chi connectivity index (χ3v) is 10.1. The molecule has 0 aliphatic heterocycles. The highest BCUT2D eigenvalue weighted by molar-refractivity contribution is 5.87. The van der Waals surface area contributed by atoms with Gasteiger partial charge >= 0.3 is 11.9 Å². The Labute approximate surface area is 342 Å². The van der Waals surface area contributed by atoms with Crippen LogP contribution in [0.15, 0.2) is 36.5 Å². The predicted molar refractivity (Wildman–Crippen MR) is 231 cm³/mol. The zero-order valence-electron chi connectivity index (χ0n) is 35.9. The first-order chi connectivity index (χ1) is 27.3. The van der Waals surface area contributed by atoms with Gasteiger partial charge in [-0.25, -0.2) is 4.79 Å². The third kappa shape index (κ3) is 38.0. The molecule has 4 N–H and O–H groups in total. The number of carboxylic acids is 1. The van der Waals surface area contributed by atoms with Crippen molar-refractivity contribution < 1.29 is 34.1 Å². The van der Waals surface area contributed by atoms with Crippen molar-refractivity contribution in [3.8, 4) is 0 Å². The molecule has 9 heteroatoms. The van der Waals surface area contributed by atoms with Gasteiger partial charge < -0.3 is 25.6 Å². The van der Waals surface area contributed by atoms with Crippen molar-refractivity contribution in [2.24, 2.45) is 0 Å². The van der Waals surface area contributed by atoms with E-state index in [2.05, 4.69) is 54.9 Å². The first-order valence-electron chi connectivity index (χ1n) is 22.9. The Morgan fingerprint density at radius 2 is 1.05 bits per heavy atom. The standard InChI is InChI=1S/C47H84N2O7/c1-3-5-7-9-11-12-13-14-15-16-17-18-19-20-21-22-23-24-25-26-27-29-35-39-46(53)56-42(36-32-28-10-8-6-4-2)37-33-30-31-34-38-44(51)48-40-45(52)49-43(41-50)47(54)55/h8,10,16-17,32,36,42-43,50H,3-7,9,11-15,18-31,33-35,37-41H2,1-2H3,(H,48,51)(H,49,52)(H,54,55)/b10-8-,17-16-,36-32-. The van der Waals surface area contributed by atoms with E-state index in [1.165, 1.54) is 122 Å². The maximum atomic E-state index is 12.7. The van der Waals surface area contributed by atoms with Gasteiger partial charge in [-0.3, -0.25) is 14.4 Å². The second-order valence-corrected chi connectivity index (χ2v) is 15.5. The second-order valence-electron chi connectivity index (χ2n) is 15.5. The molecular formula is C47H84N2O7. The number of carbonyl (C=O) groups excluding carboxylic acids is 3. The van der Waals surface area contributed by atoms with Crippen LogP contribution in [-0.4, -0.2) is 59.3 Å². The van der Waals surface area contributed by atoms with Crippen LogP contribution in [0.3, 0.4) is 0 Å². The number of aliphatic hydroxyl groups excluding tert-OH is 1. The van der Waals surface area contributed by atoms with Gasteiger partial charge in [-0.05, 0) is 70.3 Å². The average Bonchev–Trinajstić information content (AvgIpc) is 3.18. The Morgan fingerprint density at radius 3 is 1.59 bits per heavy atom. The summed E-state index contributed by atoms with van der Waals surface area (Å²) < 4.78 is 5.87. The molecule has 324 valence electrons. The topological polar surface area (TPSA) is 142 Å². The maximum Gasteiger partial charge on any atom is 0.328 e. The number of ether oxygens (including phenoxy) is 1. The van der Waals surface area contributed by atoms with Crippen LogP contribution in [0.4, 0.5) is 0 Å². The molecule has 2 unspecified atom stereocenters. The van der Waals surface area contributed by atoms with E-state index >= 15 is 0 Å². The summed E-state index contributed by atoms with van der Waals surface area (Å²) in [5.41, 5.74) is 0. The zero-order chi connectivity index (χ0) is 41.2. The number of aliphatic carboxylic acids is 1. The molecule has 0 aliphatic rings. The number of carboxylic acid groups (broad SMARTS) is 1. The lowest BCUT2D eigenvalue weighted by molar-refractivity contribution is -0.147. The number of hydrogen-bond donors (Lipinski definition) is 4. The maximum absolute atomic E-state index is 12.7.